The van der Waals surface area contributed by atoms with Crippen LogP contribution in [0.2, 0.25) is 0 Å². The van der Waals surface area contributed by atoms with Crippen molar-refractivity contribution in [3.05, 3.63) is 30.3 Å². The highest BCUT2D eigenvalue weighted by molar-refractivity contribution is 7.87. The maximum absolute atomic E-state index is 11.7. The molecule has 0 radical (unpaired) electrons. The van der Waals surface area contributed by atoms with Crippen molar-refractivity contribution in [1.29, 1.82) is 0 Å². The van der Waals surface area contributed by atoms with Crippen LogP contribution in [0, 0.1) is 0 Å². The topological polar surface area (TPSA) is 63.6 Å². The van der Waals surface area contributed by atoms with E-state index in [0.29, 0.717) is 5.75 Å². The average Bonchev–Trinajstić information content (AvgIpc) is 2.46. The molecule has 1 N–H and O–H groups in total. The molecule has 0 fully saturated rings. The number of unbranched alkanes of at least 4 members (excludes halogenated alkanes) is 6. The highest BCUT2D eigenvalue weighted by Crippen LogP contribution is 2.28. The lowest BCUT2D eigenvalue weighted by Crippen LogP contribution is -2.41. The molecule has 5 heteroatoms. The van der Waals surface area contributed by atoms with Crippen molar-refractivity contribution >= 4 is 10.1 Å². The Balaban J connectivity index is 2.51. The van der Waals surface area contributed by atoms with E-state index < -0.39 is 15.1 Å². The summed E-state index contributed by atoms with van der Waals surface area (Å²) in [5.74, 6) is 0.450. The summed E-state index contributed by atoms with van der Waals surface area (Å²) < 4.78 is 38.5. The van der Waals surface area contributed by atoms with Gasteiger partial charge in [0.1, 0.15) is 5.75 Å². The van der Waals surface area contributed by atoms with Crippen LogP contribution in [-0.4, -0.2) is 17.9 Å². The molecule has 22 heavy (non-hydrogen) atoms. The summed E-state index contributed by atoms with van der Waals surface area (Å²) in [6.07, 6.45) is 7.91. The van der Waals surface area contributed by atoms with E-state index in [4.69, 9.17) is 4.74 Å². The summed E-state index contributed by atoms with van der Waals surface area (Å²) in [5, 5.41) is 0. The molecular formula is C17H28O4S. The Morgan fingerprint density at radius 3 is 2.09 bits per heavy atom. The van der Waals surface area contributed by atoms with Crippen LogP contribution in [0.25, 0.3) is 0 Å². The molecule has 1 rings (SSSR count). The lowest BCUT2D eigenvalue weighted by molar-refractivity contribution is 0.145. The van der Waals surface area contributed by atoms with Crippen LogP contribution in [0.15, 0.2) is 30.3 Å². The summed E-state index contributed by atoms with van der Waals surface area (Å²) in [5.41, 5.74) is 0. The van der Waals surface area contributed by atoms with Crippen LogP contribution in [0.3, 0.4) is 0 Å². The Morgan fingerprint density at radius 2 is 1.55 bits per heavy atom. The van der Waals surface area contributed by atoms with Gasteiger partial charge in [-0.1, -0.05) is 63.6 Å². The normalized spacial score (nSPS) is 14.5. The summed E-state index contributed by atoms with van der Waals surface area (Å²) in [7, 11) is -4.29. The highest BCUT2D eigenvalue weighted by atomic mass is 32.2. The third-order valence-electron chi connectivity index (χ3n) is 3.86. The maximum atomic E-state index is 11.7. The molecule has 4 nitrogen and oxygen atoms in total. The first-order chi connectivity index (χ1) is 10.4. The minimum atomic E-state index is -4.29. The summed E-state index contributed by atoms with van der Waals surface area (Å²) in [6, 6.07) is 8.75. The van der Waals surface area contributed by atoms with E-state index in [1.807, 2.05) is 6.07 Å². The molecule has 0 saturated carbocycles. The number of hydrogen-bond donors (Lipinski definition) is 1. The largest absolute Gasteiger partial charge is 0.469 e. The second-order valence-corrected chi connectivity index (χ2v) is 7.71. The van der Waals surface area contributed by atoms with Crippen molar-refractivity contribution in [3.8, 4) is 5.75 Å². The fraction of sp³-hybridized carbons (Fsp3) is 0.647. The monoisotopic (exact) mass is 328 g/mol. The predicted molar refractivity (Wildman–Crippen MR) is 89.6 cm³/mol. The van der Waals surface area contributed by atoms with E-state index in [9.17, 15) is 13.0 Å². The van der Waals surface area contributed by atoms with E-state index in [2.05, 4.69) is 6.92 Å². The molecule has 126 valence electrons. The lowest BCUT2D eigenvalue weighted by Gasteiger charge is -2.27. The maximum Gasteiger partial charge on any atom is 0.306 e. The first-order valence-electron chi connectivity index (χ1n) is 8.10. The van der Waals surface area contributed by atoms with Gasteiger partial charge in [-0.2, -0.15) is 8.42 Å². The fourth-order valence-corrected chi connectivity index (χ4v) is 2.98. The second-order valence-electron chi connectivity index (χ2n) is 5.90. The van der Waals surface area contributed by atoms with E-state index in [-0.39, 0.29) is 6.42 Å². The van der Waals surface area contributed by atoms with Gasteiger partial charge < -0.3 is 4.74 Å². The summed E-state index contributed by atoms with van der Waals surface area (Å²) in [6.45, 7) is 3.62. The van der Waals surface area contributed by atoms with Crippen LogP contribution in [-0.2, 0) is 10.1 Å². The number of hydrogen-bond acceptors (Lipinski definition) is 3. The fourth-order valence-electron chi connectivity index (χ4n) is 2.37. The van der Waals surface area contributed by atoms with Crippen molar-refractivity contribution in [2.24, 2.45) is 0 Å². The van der Waals surface area contributed by atoms with Crippen LogP contribution in [0.4, 0.5) is 0 Å². The Hall–Kier alpha value is -1.07. The van der Waals surface area contributed by atoms with Crippen LogP contribution in [0.5, 0.6) is 5.75 Å². The van der Waals surface area contributed by atoms with Crippen molar-refractivity contribution in [2.45, 2.75) is 70.1 Å². The molecule has 0 amide bonds. The molecule has 0 aliphatic carbocycles. The number of benzene rings is 1. The van der Waals surface area contributed by atoms with Gasteiger partial charge in [0.2, 0.25) is 4.93 Å². The summed E-state index contributed by atoms with van der Waals surface area (Å²) >= 11 is 0. The molecule has 0 aromatic heterocycles. The Kier molecular flexibility index (Phi) is 7.90. The van der Waals surface area contributed by atoms with Gasteiger partial charge >= 0.3 is 10.1 Å². The molecule has 0 aliphatic rings. The quantitative estimate of drug-likeness (QED) is 0.467. The smallest absolute Gasteiger partial charge is 0.306 e. The van der Waals surface area contributed by atoms with Gasteiger partial charge in [-0.25, -0.2) is 0 Å². The summed E-state index contributed by atoms with van der Waals surface area (Å²) in [4.78, 5) is -1.59. The Labute approximate surface area is 134 Å². The molecule has 1 atom stereocenters. The Bertz CT molecular complexity index is 513. The minimum Gasteiger partial charge on any atom is -0.469 e. The molecule has 0 spiro atoms. The zero-order valence-corrected chi connectivity index (χ0v) is 14.4. The van der Waals surface area contributed by atoms with E-state index in [1.54, 1.807) is 24.3 Å². The third kappa shape index (κ3) is 6.36. The molecule has 1 aromatic rings. The lowest BCUT2D eigenvalue weighted by atomic mass is 10.1. The molecule has 1 aromatic carbocycles. The van der Waals surface area contributed by atoms with Gasteiger partial charge in [0, 0.05) is 6.42 Å². The van der Waals surface area contributed by atoms with Crippen LogP contribution in [0.1, 0.15) is 65.2 Å². The standard InChI is InChI=1S/C17H28O4S/c1-3-4-5-6-7-8-12-15-17(2,22(18,19)20)21-16-13-10-9-11-14-16/h9-11,13-14H,3-8,12,15H2,1-2H3,(H,18,19,20). The molecule has 0 aliphatic heterocycles. The highest BCUT2D eigenvalue weighted by Gasteiger charge is 2.39. The van der Waals surface area contributed by atoms with Crippen molar-refractivity contribution < 1.29 is 17.7 Å². The van der Waals surface area contributed by atoms with Gasteiger partial charge in [-0.3, -0.25) is 4.55 Å². The van der Waals surface area contributed by atoms with Gasteiger partial charge in [0.25, 0.3) is 0 Å². The van der Waals surface area contributed by atoms with Gasteiger partial charge in [-0.15, -0.1) is 0 Å². The molecule has 0 bridgehead atoms. The first kappa shape index (κ1) is 19.0. The zero-order valence-electron chi connectivity index (χ0n) is 13.6. The van der Waals surface area contributed by atoms with Crippen LogP contribution < -0.4 is 4.74 Å². The molecule has 0 saturated heterocycles. The van der Waals surface area contributed by atoms with Crippen LogP contribution >= 0.6 is 0 Å². The second kappa shape index (κ2) is 9.16. The minimum absolute atomic E-state index is 0.286. The molecule has 1 unspecified atom stereocenters. The van der Waals surface area contributed by atoms with Gasteiger partial charge in [0.15, 0.2) is 0 Å². The van der Waals surface area contributed by atoms with Crippen molar-refractivity contribution in [1.82, 2.24) is 0 Å². The SMILES string of the molecule is CCCCCCCCCC(C)(Oc1ccccc1)S(=O)(=O)O. The first-order valence-corrected chi connectivity index (χ1v) is 9.54. The van der Waals surface area contributed by atoms with Gasteiger partial charge in [-0.05, 0) is 25.5 Å². The van der Waals surface area contributed by atoms with E-state index in [0.717, 1.165) is 19.3 Å². The Morgan fingerprint density at radius 1 is 1.00 bits per heavy atom. The van der Waals surface area contributed by atoms with E-state index >= 15 is 0 Å². The van der Waals surface area contributed by atoms with Gasteiger partial charge in [0.05, 0.1) is 0 Å². The van der Waals surface area contributed by atoms with Crippen molar-refractivity contribution in [3.63, 3.8) is 0 Å². The third-order valence-corrected chi connectivity index (χ3v) is 5.24. The zero-order chi connectivity index (χ0) is 16.5. The molecule has 0 heterocycles. The predicted octanol–water partition coefficient (Wildman–Crippen LogP) is 4.81. The van der Waals surface area contributed by atoms with Crippen molar-refractivity contribution in [2.75, 3.05) is 0 Å². The van der Waals surface area contributed by atoms with E-state index in [1.165, 1.54) is 32.6 Å². The average molecular weight is 328 g/mol. The number of rotatable bonds is 11. The number of para-hydroxylation sites is 1. The molecular weight excluding hydrogens is 300 g/mol. The number of ether oxygens (including phenoxy) is 1.